The smallest absolute Gasteiger partial charge is 0.239 e. The van der Waals surface area contributed by atoms with Crippen LogP contribution in [0.4, 0.5) is 11.8 Å². The van der Waals surface area contributed by atoms with Gasteiger partial charge in [0, 0.05) is 19.8 Å². The van der Waals surface area contributed by atoms with E-state index >= 15 is 0 Å². The number of fused-ring (bicyclic) bond motifs is 4. The molecule has 1 N–H and O–H groups in total. The van der Waals surface area contributed by atoms with Crippen molar-refractivity contribution in [2.24, 2.45) is 0 Å². The highest BCUT2D eigenvalue weighted by Crippen LogP contribution is 2.52. The summed E-state index contributed by atoms with van der Waals surface area (Å²) >= 11 is 0. The zero-order chi connectivity index (χ0) is 23.7. The van der Waals surface area contributed by atoms with Gasteiger partial charge in [-0.05, 0) is 43.9 Å². The van der Waals surface area contributed by atoms with Crippen molar-refractivity contribution in [3.05, 3.63) is 29.5 Å². The van der Waals surface area contributed by atoms with Crippen molar-refractivity contribution in [2.45, 2.75) is 37.0 Å². The molecule has 11 heteroatoms. The van der Waals surface area contributed by atoms with Gasteiger partial charge in [-0.2, -0.15) is 4.98 Å². The quantitative estimate of drug-likeness (QED) is 0.595. The van der Waals surface area contributed by atoms with Crippen LogP contribution in [-0.2, 0) is 19.3 Å². The first-order chi connectivity index (χ1) is 16.3. The number of hydrogen-bond acceptors (Lipinski definition) is 9. The molecule has 1 saturated carbocycles. The molecule has 6 rings (SSSR count). The van der Waals surface area contributed by atoms with E-state index in [9.17, 15) is 8.42 Å². The highest BCUT2D eigenvalue weighted by atomic mass is 32.2. The summed E-state index contributed by atoms with van der Waals surface area (Å²) in [4.78, 5) is 16.8. The highest BCUT2D eigenvalue weighted by Gasteiger charge is 2.53. The van der Waals surface area contributed by atoms with Crippen LogP contribution in [0.25, 0.3) is 17.0 Å². The molecule has 10 nitrogen and oxygen atoms in total. The summed E-state index contributed by atoms with van der Waals surface area (Å²) in [7, 11) is -1.65. The van der Waals surface area contributed by atoms with Gasteiger partial charge in [-0.15, -0.1) is 0 Å². The number of nitrogens with one attached hydrogen (secondary N) is 1. The number of ether oxygens (including phenoxy) is 2. The Morgan fingerprint density at radius 1 is 1.18 bits per heavy atom. The van der Waals surface area contributed by atoms with Crippen LogP contribution in [0.1, 0.15) is 30.5 Å². The lowest BCUT2D eigenvalue weighted by Gasteiger charge is -2.44. The lowest BCUT2D eigenvalue weighted by Crippen LogP contribution is -2.52. The zero-order valence-electron chi connectivity index (χ0n) is 19.5. The summed E-state index contributed by atoms with van der Waals surface area (Å²) in [5.74, 6) is 2.09. The molecule has 34 heavy (non-hydrogen) atoms. The van der Waals surface area contributed by atoms with Crippen molar-refractivity contribution in [1.29, 1.82) is 0 Å². The van der Waals surface area contributed by atoms with Crippen molar-refractivity contribution in [2.75, 3.05) is 49.9 Å². The fourth-order valence-electron chi connectivity index (χ4n) is 5.26. The lowest BCUT2D eigenvalue weighted by molar-refractivity contribution is 0.0687. The van der Waals surface area contributed by atoms with E-state index in [1.807, 2.05) is 29.7 Å². The van der Waals surface area contributed by atoms with Gasteiger partial charge in [0.1, 0.15) is 17.0 Å². The maximum absolute atomic E-state index is 13.1. The number of anilines is 2. The number of rotatable bonds is 4. The summed E-state index contributed by atoms with van der Waals surface area (Å²) in [6.07, 6.45) is 3.17. The Morgan fingerprint density at radius 3 is 2.71 bits per heavy atom. The van der Waals surface area contributed by atoms with Crippen molar-refractivity contribution in [3.8, 4) is 11.7 Å². The Bertz CT molecular complexity index is 1400. The molecular formula is C23H28N6O4S. The normalized spacial score (nSPS) is 21.4. The largest absolute Gasteiger partial charge is 0.486 e. The molecule has 180 valence electrons. The molecule has 0 unspecified atom stereocenters. The van der Waals surface area contributed by atoms with Crippen LogP contribution in [0.15, 0.2) is 18.2 Å². The molecule has 1 saturated heterocycles. The van der Waals surface area contributed by atoms with Crippen molar-refractivity contribution in [1.82, 2.24) is 19.5 Å². The second-order valence-corrected chi connectivity index (χ2v) is 11.7. The topological polar surface area (TPSA) is 111 Å². The Balaban J connectivity index is 1.65. The van der Waals surface area contributed by atoms with E-state index in [1.54, 1.807) is 7.05 Å². The standard InChI is InChI=1S/C23H28N6O4S/c1-14-5-6-17-16(11-14)25-21(24-2)29(17)22-26-19(23(7-4-8-23)34(3,30)31)18-20(27-22)28-9-10-32-12-15(28)13-33-18/h5-6,11,15H,4,7-10,12-13H2,1-3H3,(H,24,25)/t15-/m0/s1. The molecule has 2 aliphatic heterocycles. The molecule has 0 radical (unpaired) electrons. The van der Waals surface area contributed by atoms with Gasteiger partial charge in [0.2, 0.25) is 11.9 Å². The van der Waals surface area contributed by atoms with Gasteiger partial charge >= 0.3 is 0 Å². The fraction of sp³-hybridized carbons (Fsp3) is 0.522. The molecule has 1 aliphatic carbocycles. The Labute approximate surface area is 198 Å². The Kier molecular flexibility index (Phi) is 4.79. The summed E-state index contributed by atoms with van der Waals surface area (Å²) in [5, 5.41) is 3.14. The van der Waals surface area contributed by atoms with Crippen molar-refractivity contribution >= 4 is 32.6 Å². The third kappa shape index (κ3) is 3.02. The maximum atomic E-state index is 13.1. The number of morpholine rings is 1. The first kappa shape index (κ1) is 21.6. The Hall–Kier alpha value is -2.92. The fourth-order valence-corrected chi connectivity index (χ4v) is 6.78. The second kappa shape index (κ2) is 7.54. The molecule has 4 heterocycles. The minimum atomic E-state index is -3.45. The average Bonchev–Trinajstić information content (AvgIpc) is 3.14. The number of nitrogens with zero attached hydrogens (tertiary/aromatic N) is 5. The lowest BCUT2D eigenvalue weighted by atomic mass is 9.81. The molecular weight excluding hydrogens is 456 g/mol. The van der Waals surface area contributed by atoms with Crippen LogP contribution in [0.3, 0.4) is 0 Å². The number of aromatic nitrogens is 4. The summed E-state index contributed by atoms with van der Waals surface area (Å²) in [6, 6.07) is 6.05. The maximum Gasteiger partial charge on any atom is 0.239 e. The van der Waals surface area contributed by atoms with Gasteiger partial charge < -0.3 is 19.7 Å². The molecule has 3 aliphatic rings. The number of imidazole rings is 1. The molecule has 1 aromatic carbocycles. The van der Waals surface area contributed by atoms with E-state index in [0.29, 0.717) is 68.4 Å². The minimum Gasteiger partial charge on any atom is -0.486 e. The molecule has 2 fully saturated rings. The first-order valence-electron chi connectivity index (χ1n) is 11.6. The van der Waals surface area contributed by atoms with Crippen LogP contribution < -0.4 is 15.0 Å². The summed E-state index contributed by atoms with van der Waals surface area (Å²) in [5.41, 5.74) is 3.22. The summed E-state index contributed by atoms with van der Waals surface area (Å²) < 4.78 is 38.8. The molecule has 3 aromatic rings. The number of benzene rings is 1. The van der Waals surface area contributed by atoms with E-state index < -0.39 is 14.6 Å². The van der Waals surface area contributed by atoms with Crippen molar-refractivity contribution < 1.29 is 17.9 Å². The number of hydrogen-bond donors (Lipinski definition) is 1. The third-order valence-electron chi connectivity index (χ3n) is 7.29. The van der Waals surface area contributed by atoms with Crippen LogP contribution in [-0.4, -0.2) is 73.6 Å². The van der Waals surface area contributed by atoms with E-state index in [2.05, 4.69) is 10.2 Å². The van der Waals surface area contributed by atoms with Crippen LogP contribution in [0.2, 0.25) is 0 Å². The number of sulfone groups is 1. The molecule has 0 bridgehead atoms. The molecule has 0 spiro atoms. The second-order valence-electron chi connectivity index (χ2n) is 9.39. The average molecular weight is 485 g/mol. The molecule has 2 aromatic heterocycles. The third-order valence-corrected chi connectivity index (χ3v) is 9.31. The zero-order valence-corrected chi connectivity index (χ0v) is 20.4. The number of aryl methyl sites for hydroxylation is 1. The SMILES string of the molecule is CNc1nc2cc(C)ccc2n1-c1nc2c(c(C3(S(C)(=O)=O)CCC3)n1)OC[C@@H]1COCCN21. The van der Waals surface area contributed by atoms with Gasteiger partial charge in [-0.25, -0.2) is 23.0 Å². The first-order valence-corrected chi connectivity index (χ1v) is 13.5. The van der Waals surface area contributed by atoms with E-state index in [4.69, 9.17) is 24.4 Å². The van der Waals surface area contributed by atoms with E-state index in [1.165, 1.54) is 6.26 Å². The molecule has 0 amide bonds. The van der Waals surface area contributed by atoms with Crippen LogP contribution >= 0.6 is 0 Å². The van der Waals surface area contributed by atoms with Gasteiger partial charge in [-0.3, -0.25) is 0 Å². The predicted molar refractivity (Wildman–Crippen MR) is 129 cm³/mol. The monoisotopic (exact) mass is 484 g/mol. The van der Waals surface area contributed by atoms with Gasteiger partial charge in [-0.1, -0.05) is 6.07 Å². The predicted octanol–water partition coefficient (Wildman–Crippen LogP) is 2.19. The minimum absolute atomic E-state index is 0.0263. The van der Waals surface area contributed by atoms with Gasteiger partial charge in [0.25, 0.3) is 0 Å². The van der Waals surface area contributed by atoms with Crippen LogP contribution in [0.5, 0.6) is 5.75 Å². The molecule has 1 atom stereocenters. The summed E-state index contributed by atoms with van der Waals surface area (Å²) in [6.45, 7) is 4.22. The Morgan fingerprint density at radius 2 is 2.00 bits per heavy atom. The van der Waals surface area contributed by atoms with E-state index in [0.717, 1.165) is 23.0 Å². The van der Waals surface area contributed by atoms with Gasteiger partial charge in [0.15, 0.2) is 21.4 Å². The highest BCUT2D eigenvalue weighted by molar-refractivity contribution is 7.91. The van der Waals surface area contributed by atoms with Crippen molar-refractivity contribution in [3.63, 3.8) is 0 Å². The van der Waals surface area contributed by atoms with Crippen LogP contribution in [0, 0.1) is 6.92 Å². The van der Waals surface area contributed by atoms with E-state index in [-0.39, 0.29) is 6.04 Å². The van der Waals surface area contributed by atoms with Gasteiger partial charge in [0.05, 0.1) is 30.3 Å².